The first-order valence-corrected chi connectivity index (χ1v) is 16.6. The van der Waals surface area contributed by atoms with Crippen molar-refractivity contribution in [3.8, 4) is 11.5 Å². The van der Waals surface area contributed by atoms with Crippen LogP contribution in [0, 0.1) is 0 Å². The predicted molar refractivity (Wildman–Crippen MR) is 211 cm³/mol. The molecule has 0 spiro atoms. The number of carbonyl (C=O) groups is 4. The van der Waals surface area contributed by atoms with Gasteiger partial charge in [0.25, 0.3) is 23.6 Å². The number of fused-ring (bicyclic) bond motifs is 2. The molecule has 0 saturated carbocycles. The summed E-state index contributed by atoms with van der Waals surface area (Å²) >= 11 is 0. The number of likely N-dealkylation sites (N-methyl/N-ethyl adjacent to an activating group) is 4. The van der Waals surface area contributed by atoms with E-state index in [4.69, 9.17) is 9.47 Å². The zero-order valence-corrected chi connectivity index (χ0v) is 29.6. The van der Waals surface area contributed by atoms with E-state index in [1.807, 2.05) is 109 Å². The van der Waals surface area contributed by atoms with Crippen molar-refractivity contribution in [2.24, 2.45) is 0 Å². The van der Waals surface area contributed by atoms with Gasteiger partial charge in [0, 0.05) is 39.3 Å². The van der Waals surface area contributed by atoms with Crippen LogP contribution in [0.25, 0.3) is 22.8 Å². The Kier molecular flexibility index (Phi) is 10.8. The van der Waals surface area contributed by atoms with Crippen LogP contribution < -0.4 is 9.47 Å². The van der Waals surface area contributed by atoms with Crippen molar-refractivity contribution >= 4 is 46.4 Å². The maximum Gasteiger partial charge on any atom is 0.261 e. The largest absolute Gasteiger partial charge is 0.496 e. The van der Waals surface area contributed by atoms with Gasteiger partial charge in [0.1, 0.15) is 11.5 Å². The Bertz CT molecular complexity index is 2140. The summed E-state index contributed by atoms with van der Waals surface area (Å²) in [6.45, 7) is 0. The summed E-state index contributed by atoms with van der Waals surface area (Å²) < 4.78 is 10.9. The van der Waals surface area contributed by atoms with Gasteiger partial charge < -0.3 is 29.1 Å². The highest BCUT2D eigenvalue weighted by Crippen LogP contribution is 2.48. The zero-order chi connectivity index (χ0) is 36.8. The van der Waals surface area contributed by atoms with E-state index in [0.717, 1.165) is 11.1 Å². The average molecular weight is 725 g/mol. The number of hydrogen-bond acceptors (Lipinski definition) is 6. The molecule has 54 heavy (non-hydrogen) atoms. The fourth-order valence-corrected chi connectivity index (χ4v) is 7.23. The summed E-state index contributed by atoms with van der Waals surface area (Å²) in [6.07, 6.45) is 0. The van der Waals surface area contributed by atoms with Gasteiger partial charge in [-0.05, 0) is 35.4 Å². The van der Waals surface area contributed by atoms with Crippen molar-refractivity contribution in [3.05, 3.63) is 154 Å². The van der Waals surface area contributed by atoms with Gasteiger partial charge in [-0.3, -0.25) is 19.2 Å². The van der Waals surface area contributed by atoms with Crippen LogP contribution in [0.1, 0.15) is 37.1 Å². The summed E-state index contributed by atoms with van der Waals surface area (Å²) in [5.41, 5.74) is 7.38. The average Bonchev–Trinajstić information content (AvgIpc) is 3.79. The Morgan fingerprint density at radius 2 is 0.630 bits per heavy atom. The van der Waals surface area contributed by atoms with Crippen LogP contribution in [-0.4, -0.2) is 85.6 Å². The van der Waals surface area contributed by atoms with E-state index in [2.05, 4.69) is 0 Å². The minimum Gasteiger partial charge on any atom is -0.496 e. The normalized spacial score (nSPS) is 16.1. The summed E-state index contributed by atoms with van der Waals surface area (Å²) in [7, 11) is 9.93. The predicted octanol–water partition coefficient (Wildman–Crippen LogP) is 6.80. The van der Waals surface area contributed by atoms with E-state index in [9.17, 15) is 19.2 Å². The lowest BCUT2D eigenvalue weighted by Gasteiger charge is -2.21. The molecule has 0 unspecified atom stereocenters. The Labute approximate surface area is 316 Å². The summed E-state index contributed by atoms with van der Waals surface area (Å²) in [4.78, 5) is 58.4. The monoisotopic (exact) mass is 724 g/mol. The zero-order valence-electron chi connectivity index (χ0n) is 29.6. The number of methoxy groups -OCH3 is 2. The fraction of sp³-hybridized carbons (Fsp3) is 0.182. The van der Waals surface area contributed by atoms with Gasteiger partial charge in [0.05, 0.1) is 59.3 Å². The molecule has 8 rings (SSSR count). The topological polar surface area (TPSA) is 99.7 Å². The minimum absolute atomic E-state index is 0. The van der Waals surface area contributed by atoms with Crippen LogP contribution in [0.5, 0.6) is 11.5 Å². The number of amides is 4. The molecule has 4 amide bonds. The molecular weight excluding hydrogens is 681 g/mol. The standard InChI is InChI=1S/C22H20N2O4.C20H16N2O2.2CH4/c1-23-19(13-9-5-7-11-15(13)27-3)17-18(21(23)25)20(24(2)22(17)26)14-10-6-8-12-16(14)28-4;1-21-17(13-9-5-3-6-10-13)15-16(19(21)23)18(22(2)20(15)24)14-11-7-4-8-12-14;;/h5-12H,1-4H3;3-12H,1-2H3;2*1H4. The summed E-state index contributed by atoms with van der Waals surface area (Å²) in [5, 5.41) is 0. The van der Waals surface area contributed by atoms with Crippen molar-refractivity contribution < 1.29 is 28.7 Å². The molecule has 276 valence electrons. The van der Waals surface area contributed by atoms with E-state index in [1.54, 1.807) is 52.2 Å². The molecule has 0 radical (unpaired) electrons. The number of benzene rings is 4. The maximum atomic E-state index is 13.2. The minimum atomic E-state index is -0.227. The first kappa shape index (κ1) is 38.5. The molecule has 4 heterocycles. The molecule has 4 aliphatic heterocycles. The van der Waals surface area contributed by atoms with Gasteiger partial charge in [-0.15, -0.1) is 0 Å². The lowest BCUT2D eigenvalue weighted by Crippen LogP contribution is -2.25. The van der Waals surface area contributed by atoms with Crippen molar-refractivity contribution in [1.82, 2.24) is 19.6 Å². The third-order valence-electron chi connectivity index (χ3n) is 9.68. The van der Waals surface area contributed by atoms with E-state index < -0.39 is 0 Å². The lowest BCUT2D eigenvalue weighted by atomic mass is 10.0. The molecule has 4 aromatic carbocycles. The van der Waals surface area contributed by atoms with Crippen LogP contribution in [0.15, 0.2) is 131 Å². The Morgan fingerprint density at radius 3 is 0.944 bits per heavy atom. The SMILES string of the molecule is C.C.CN1C(=O)C2=C(c3ccccc3)N(C)C(=O)C2=C1c1ccccc1.COc1ccccc1C1=C2C(=O)N(C)C(c3ccccc3OC)=C2C(=O)N1C. The van der Waals surface area contributed by atoms with Crippen molar-refractivity contribution in [3.63, 3.8) is 0 Å². The number of nitrogens with zero attached hydrogens (tertiary/aromatic N) is 4. The third kappa shape index (κ3) is 5.85. The molecule has 4 aliphatic rings. The second kappa shape index (κ2) is 15.1. The highest BCUT2D eigenvalue weighted by atomic mass is 16.5. The van der Waals surface area contributed by atoms with Crippen LogP contribution in [0.3, 0.4) is 0 Å². The second-order valence-corrected chi connectivity index (χ2v) is 12.5. The van der Waals surface area contributed by atoms with E-state index in [-0.39, 0.29) is 38.5 Å². The van der Waals surface area contributed by atoms with Crippen LogP contribution in [0.4, 0.5) is 0 Å². The van der Waals surface area contributed by atoms with E-state index >= 15 is 0 Å². The maximum absolute atomic E-state index is 13.2. The Balaban J connectivity index is 0.000000202. The molecule has 10 nitrogen and oxygen atoms in total. The van der Waals surface area contributed by atoms with Crippen molar-refractivity contribution in [2.45, 2.75) is 14.9 Å². The Hall–Kier alpha value is -6.68. The number of carbonyl (C=O) groups excluding carboxylic acids is 4. The highest BCUT2D eigenvalue weighted by Gasteiger charge is 2.48. The summed E-state index contributed by atoms with van der Waals surface area (Å²) in [6, 6.07) is 33.9. The van der Waals surface area contributed by atoms with E-state index in [0.29, 0.717) is 67.7 Å². The lowest BCUT2D eigenvalue weighted by molar-refractivity contribution is -0.123. The molecule has 10 heteroatoms. The first-order chi connectivity index (χ1) is 25.1. The summed E-state index contributed by atoms with van der Waals surface area (Å²) in [5.74, 6) is 0.476. The van der Waals surface area contributed by atoms with Gasteiger partial charge in [-0.1, -0.05) is 99.8 Å². The molecule has 0 bridgehead atoms. The molecule has 0 aromatic heterocycles. The van der Waals surface area contributed by atoms with Crippen LogP contribution in [0.2, 0.25) is 0 Å². The third-order valence-corrected chi connectivity index (χ3v) is 9.68. The molecule has 0 fully saturated rings. The van der Waals surface area contributed by atoms with Crippen LogP contribution >= 0.6 is 0 Å². The number of hydrogen-bond donors (Lipinski definition) is 0. The number of ether oxygens (including phenoxy) is 2. The number of para-hydroxylation sites is 2. The molecule has 0 saturated heterocycles. The second-order valence-electron chi connectivity index (χ2n) is 12.5. The van der Waals surface area contributed by atoms with Gasteiger partial charge >= 0.3 is 0 Å². The van der Waals surface area contributed by atoms with E-state index in [1.165, 1.54) is 9.80 Å². The van der Waals surface area contributed by atoms with Gasteiger partial charge in [0.15, 0.2) is 0 Å². The van der Waals surface area contributed by atoms with Gasteiger partial charge in [-0.2, -0.15) is 0 Å². The van der Waals surface area contributed by atoms with Gasteiger partial charge in [-0.25, -0.2) is 0 Å². The molecule has 0 aliphatic carbocycles. The van der Waals surface area contributed by atoms with Crippen molar-refractivity contribution in [2.75, 3.05) is 42.4 Å². The quantitative estimate of drug-likeness (QED) is 0.217. The molecule has 4 aromatic rings. The fourth-order valence-electron chi connectivity index (χ4n) is 7.23. The number of rotatable bonds is 6. The smallest absolute Gasteiger partial charge is 0.261 e. The Morgan fingerprint density at radius 1 is 0.370 bits per heavy atom. The van der Waals surface area contributed by atoms with Crippen molar-refractivity contribution in [1.29, 1.82) is 0 Å². The molecular formula is C44H44N4O6. The molecule has 0 N–H and O–H groups in total. The highest BCUT2D eigenvalue weighted by molar-refractivity contribution is 6.31. The van der Waals surface area contributed by atoms with Gasteiger partial charge in [0.2, 0.25) is 0 Å². The van der Waals surface area contributed by atoms with Crippen LogP contribution in [-0.2, 0) is 19.2 Å². The first-order valence-electron chi connectivity index (χ1n) is 16.6. The molecule has 0 atom stereocenters.